The second kappa shape index (κ2) is 5.09. The molecule has 0 spiro atoms. The van der Waals surface area contributed by atoms with Gasteiger partial charge in [0.2, 0.25) is 0 Å². The minimum Gasteiger partial charge on any atom is -0.495 e. The van der Waals surface area contributed by atoms with E-state index in [0.717, 1.165) is 6.42 Å². The van der Waals surface area contributed by atoms with Gasteiger partial charge in [-0.1, -0.05) is 6.07 Å². The van der Waals surface area contributed by atoms with Crippen LogP contribution in [-0.4, -0.2) is 31.3 Å². The maximum atomic E-state index is 12.3. The highest BCUT2D eigenvalue weighted by Crippen LogP contribution is 2.28. The Balaban J connectivity index is 2.21. The molecule has 2 rings (SSSR count). The van der Waals surface area contributed by atoms with Crippen LogP contribution in [0.15, 0.2) is 18.2 Å². The molecule has 1 aromatic rings. The molecule has 1 aromatic carbocycles. The quantitative estimate of drug-likeness (QED) is 0.813. The molecular weight excluding hydrogens is 244 g/mol. The van der Waals surface area contributed by atoms with Gasteiger partial charge in [-0.25, -0.2) is 0 Å². The summed E-state index contributed by atoms with van der Waals surface area (Å²) >= 11 is 0. The van der Waals surface area contributed by atoms with Crippen molar-refractivity contribution in [3.8, 4) is 5.75 Å². The summed E-state index contributed by atoms with van der Waals surface area (Å²) in [4.78, 5) is 12.3. The minimum atomic E-state index is -0.355. The molecule has 1 aliphatic rings. The van der Waals surface area contributed by atoms with E-state index in [-0.39, 0.29) is 17.6 Å². The van der Waals surface area contributed by atoms with E-state index < -0.39 is 0 Å². The third kappa shape index (κ3) is 2.51. The van der Waals surface area contributed by atoms with Gasteiger partial charge in [0.15, 0.2) is 0 Å². The van der Waals surface area contributed by atoms with Crippen molar-refractivity contribution in [2.75, 3.05) is 19.5 Å². The summed E-state index contributed by atoms with van der Waals surface area (Å²) in [6.45, 7) is 4.60. The standard InChI is InChI=1S/C14H20N2O3/c1-9-14(2,7-8-19-9)16-13(17)10-5-4-6-11(18-3)12(10)15/h4-6,9H,7-8,15H2,1-3H3,(H,16,17). The van der Waals surface area contributed by atoms with Crippen molar-refractivity contribution in [3.63, 3.8) is 0 Å². The molecular formula is C14H20N2O3. The molecule has 1 amide bonds. The summed E-state index contributed by atoms with van der Waals surface area (Å²) in [6, 6.07) is 5.17. The lowest BCUT2D eigenvalue weighted by Crippen LogP contribution is -2.50. The number of carbonyl (C=O) groups excluding carboxylic acids is 1. The SMILES string of the molecule is COc1cccc(C(=O)NC2(C)CCOC2C)c1N. The van der Waals surface area contributed by atoms with Crippen LogP contribution in [0, 0.1) is 0 Å². The summed E-state index contributed by atoms with van der Waals surface area (Å²) in [5.41, 5.74) is 6.36. The largest absolute Gasteiger partial charge is 0.495 e. The first kappa shape index (κ1) is 13.7. The van der Waals surface area contributed by atoms with Crippen LogP contribution in [0.1, 0.15) is 30.6 Å². The molecule has 0 radical (unpaired) electrons. The highest BCUT2D eigenvalue weighted by molar-refractivity contribution is 6.00. The number of rotatable bonds is 3. The predicted molar refractivity (Wildman–Crippen MR) is 73.3 cm³/mol. The van der Waals surface area contributed by atoms with E-state index in [0.29, 0.717) is 23.6 Å². The summed E-state index contributed by atoms with van der Waals surface area (Å²) < 4.78 is 10.6. The third-order valence-corrected chi connectivity index (χ3v) is 3.82. The van der Waals surface area contributed by atoms with E-state index >= 15 is 0 Å². The number of methoxy groups -OCH3 is 1. The lowest BCUT2D eigenvalue weighted by molar-refractivity contribution is 0.0728. The Labute approximate surface area is 113 Å². The number of para-hydroxylation sites is 1. The lowest BCUT2D eigenvalue weighted by atomic mass is 9.94. The number of nitrogens with two attached hydrogens (primary N) is 1. The molecule has 0 saturated carbocycles. The average molecular weight is 264 g/mol. The van der Waals surface area contributed by atoms with Crippen LogP contribution in [0.25, 0.3) is 0 Å². The Bertz CT molecular complexity index is 490. The normalized spacial score (nSPS) is 26.2. The van der Waals surface area contributed by atoms with Crippen LogP contribution in [-0.2, 0) is 4.74 Å². The van der Waals surface area contributed by atoms with Gasteiger partial charge in [0.1, 0.15) is 5.75 Å². The molecule has 19 heavy (non-hydrogen) atoms. The molecule has 0 aliphatic carbocycles. The van der Waals surface area contributed by atoms with Crippen molar-refractivity contribution in [2.24, 2.45) is 0 Å². The molecule has 5 nitrogen and oxygen atoms in total. The monoisotopic (exact) mass is 264 g/mol. The average Bonchev–Trinajstić information content (AvgIpc) is 2.69. The van der Waals surface area contributed by atoms with Gasteiger partial charge in [-0.3, -0.25) is 4.79 Å². The molecule has 0 bridgehead atoms. The van der Waals surface area contributed by atoms with Gasteiger partial charge in [0.05, 0.1) is 30.0 Å². The van der Waals surface area contributed by atoms with E-state index in [9.17, 15) is 4.79 Å². The molecule has 1 saturated heterocycles. The van der Waals surface area contributed by atoms with Crippen molar-refractivity contribution < 1.29 is 14.3 Å². The van der Waals surface area contributed by atoms with Gasteiger partial charge in [-0.05, 0) is 32.4 Å². The number of nitrogens with one attached hydrogen (secondary N) is 1. The second-order valence-corrected chi connectivity index (χ2v) is 5.06. The Kier molecular flexibility index (Phi) is 3.66. The van der Waals surface area contributed by atoms with E-state index in [1.807, 2.05) is 13.8 Å². The fourth-order valence-electron chi connectivity index (χ4n) is 2.25. The van der Waals surface area contributed by atoms with E-state index in [1.165, 1.54) is 7.11 Å². The summed E-state index contributed by atoms with van der Waals surface area (Å²) in [5, 5.41) is 3.01. The van der Waals surface area contributed by atoms with Crippen LogP contribution < -0.4 is 15.8 Å². The predicted octanol–water partition coefficient (Wildman–Crippen LogP) is 1.57. The van der Waals surface area contributed by atoms with Crippen LogP contribution in [0.5, 0.6) is 5.75 Å². The van der Waals surface area contributed by atoms with E-state index in [2.05, 4.69) is 5.32 Å². The van der Waals surface area contributed by atoms with Gasteiger partial charge >= 0.3 is 0 Å². The first-order valence-electron chi connectivity index (χ1n) is 6.34. The molecule has 3 N–H and O–H groups in total. The topological polar surface area (TPSA) is 73.6 Å². The second-order valence-electron chi connectivity index (χ2n) is 5.06. The van der Waals surface area contributed by atoms with Gasteiger partial charge in [0, 0.05) is 6.61 Å². The zero-order chi connectivity index (χ0) is 14.0. The van der Waals surface area contributed by atoms with Crippen molar-refractivity contribution in [1.29, 1.82) is 0 Å². The molecule has 1 fully saturated rings. The van der Waals surface area contributed by atoms with Gasteiger partial charge in [-0.2, -0.15) is 0 Å². The summed E-state index contributed by atoms with van der Waals surface area (Å²) in [6.07, 6.45) is 0.785. The highest BCUT2D eigenvalue weighted by Gasteiger charge is 2.38. The van der Waals surface area contributed by atoms with Crippen LogP contribution >= 0.6 is 0 Å². The maximum absolute atomic E-state index is 12.3. The van der Waals surface area contributed by atoms with Crippen LogP contribution in [0.2, 0.25) is 0 Å². The fourth-order valence-corrected chi connectivity index (χ4v) is 2.25. The number of nitrogen functional groups attached to an aromatic ring is 1. The fraction of sp³-hybridized carbons (Fsp3) is 0.500. The molecule has 2 atom stereocenters. The number of hydrogen-bond donors (Lipinski definition) is 2. The Morgan fingerprint density at radius 3 is 2.89 bits per heavy atom. The summed E-state index contributed by atoms with van der Waals surface area (Å²) in [5.74, 6) is 0.310. The third-order valence-electron chi connectivity index (χ3n) is 3.82. The molecule has 1 aliphatic heterocycles. The first-order chi connectivity index (χ1) is 8.98. The minimum absolute atomic E-state index is 0.0108. The molecule has 1 heterocycles. The highest BCUT2D eigenvalue weighted by atomic mass is 16.5. The van der Waals surface area contributed by atoms with E-state index in [1.54, 1.807) is 18.2 Å². The number of anilines is 1. The number of ether oxygens (including phenoxy) is 2. The number of hydrogen-bond acceptors (Lipinski definition) is 4. The Morgan fingerprint density at radius 2 is 2.32 bits per heavy atom. The van der Waals surface area contributed by atoms with E-state index in [4.69, 9.17) is 15.2 Å². The van der Waals surface area contributed by atoms with Crippen molar-refractivity contribution in [3.05, 3.63) is 23.8 Å². The Morgan fingerprint density at radius 1 is 1.58 bits per heavy atom. The number of amides is 1. The van der Waals surface area contributed by atoms with Gasteiger partial charge in [0.25, 0.3) is 5.91 Å². The van der Waals surface area contributed by atoms with Crippen molar-refractivity contribution in [1.82, 2.24) is 5.32 Å². The number of carbonyl (C=O) groups is 1. The van der Waals surface area contributed by atoms with Crippen molar-refractivity contribution >= 4 is 11.6 Å². The Hall–Kier alpha value is -1.75. The summed E-state index contributed by atoms with van der Waals surface area (Å²) in [7, 11) is 1.53. The first-order valence-corrected chi connectivity index (χ1v) is 6.34. The molecule has 2 unspecified atom stereocenters. The molecule has 0 aromatic heterocycles. The lowest BCUT2D eigenvalue weighted by Gasteiger charge is -2.29. The van der Waals surface area contributed by atoms with Gasteiger partial charge < -0.3 is 20.5 Å². The van der Waals surface area contributed by atoms with Crippen LogP contribution in [0.3, 0.4) is 0 Å². The molecule has 104 valence electrons. The molecule has 5 heteroatoms. The zero-order valence-electron chi connectivity index (χ0n) is 11.5. The zero-order valence-corrected chi connectivity index (χ0v) is 11.5. The number of benzene rings is 1. The van der Waals surface area contributed by atoms with Crippen LogP contribution in [0.4, 0.5) is 5.69 Å². The smallest absolute Gasteiger partial charge is 0.254 e. The maximum Gasteiger partial charge on any atom is 0.254 e. The van der Waals surface area contributed by atoms with Gasteiger partial charge in [-0.15, -0.1) is 0 Å². The van der Waals surface area contributed by atoms with Crippen molar-refractivity contribution in [2.45, 2.75) is 31.9 Å².